The van der Waals surface area contributed by atoms with E-state index in [2.05, 4.69) is 4.99 Å². The van der Waals surface area contributed by atoms with Crippen LogP contribution in [0.4, 0.5) is 5.69 Å². The summed E-state index contributed by atoms with van der Waals surface area (Å²) < 4.78 is 0. The topological polar surface area (TPSA) is 70.0 Å². The van der Waals surface area contributed by atoms with E-state index in [0.29, 0.717) is 5.69 Å². The fourth-order valence-electron chi connectivity index (χ4n) is 1.91. The monoisotopic (exact) mass is 280 g/mol. The van der Waals surface area contributed by atoms with E-state index in [9.17, 15) is 9.59 Å². The lowest BCUT2D eigenvalue weighted by Gasteiger charge is -2.15. The number of aryl methyl sites for hydroxylation is 1. The van der Waals surface area contributed by atoms with E-state index in [4.69, 9.17) is 16.7 Å². The number of halogens is 1. The number of hydrogen-bond acceptors (Lipinski definition) is 4. The Labute approximate surface area is 115 Å². The lowest BCUT2D eigenvalue weighted by atomic mass is 10.2. The molecule has 0 aromatic heterocycles. The van der Waals surface area contributed by atoms with Gasteiger partial charge in [0.1, 0.15) is 5.71 Å². The van der Waals surface area contributed by atoms with Gasteiger partial charge in [0, 0.05) is 0 Å². The number of para-hydroxylation sites is 1. The summed E-state index contributed by atoms with van der Waals surface area (Å²) in [7, 11) is 0. The molecule has 1 aliphatic rings. The van der Waals surface area contributed by atoms with Crippen molar-refractivity contribution in [2.75, 3.05) is 18.1 Å². The highest BCUT2D eigenvalue weighted by atomic mass is 35.5. The number of imide groups is 1. The molecule has 0 bridgehead atoms. The molecule has 0 saturated carbocycles. The van der Waals surface area contributed by atoms with Gasteiger partial charge < -0.3 is 5.11 Å². The number of amides is 2. The first-order valence-electron chi connectivity index (χ1n) is 5.81. The van der Waals surface area contributed by atoms with Gasteiger partial charge in [-0.3, -0.25) is 14.6 Å². The van der Waals surface area contributed by atoms with E-state index in [1.807, 2.05) is 19.1 Å². The number of alkyl halides is 1. The molecule has 0 radical (unpaired) electrons. The van der Waals surface area contributed by atoms with Gasteiger partial charge in [0.05, 0.1) is 18.8 Å². The standard InChI is InChI=1S/C13H13ClN2O3/c1-8-4-2-3-5-9(8)16-12(18)10(14)11(13(16)19)15-6-7-17/h2-5,10,17H,6-7H2,1H3. The number of carbonyl (C=O) groups excluding carboxylic acids is 2. The van der Waals surface area contributed by atoms with Crippen molar-refractivity contribution in [2.24, 2.45) is 4.99 Å². The molecule has 1 aromatic carbocycles. The van der Waals surface area contributed by atoms with Crippen LogP contribution in [-0.4, -0.2) is 41.2 Å². The van der Waals surface area contributed by atoms with Crippen molar-refractivity contribution in [2.45, 2.75) is 12.3 Å². The van der Waals surface area contributed by atoms with Crippen molar-refractivity contribution in [3.05, 3.63) is 29.8 Å². The average Bonchev–Trinajstić information content (AvgIpc) is 2.60. The number of aliphatic hydroxyl groups excluding tert-OH is 1. The minimum absolute atomic E-state index is 0.0102. The number of aliphatic hydroxyl groups is 1. The second-order valence-electron chi connectivity index (χ2n) is 4.12. The molecule has 1 N–H and O–H groups in total. The second-order valence-corrected chi connectivity index (χ2v) is 4.55. The molecule has 1 heterocycles. The summed E-state index contributed by atoms with van der Waals surface area (Å²) in [6.45, 7) is 1.67. The Morgan fingerprint density at radius 3 is 2.68 bits per heavy atom. The molecule has 1 saturated heterocycles. The lowest BCUT2D eigenvalue weighted by Crippen LogP contribution is -2.31. The summed E-state index contributed by atoms with van der Waals surface area (Å²) in [4.78, 5) is 29.2. The van der Waals surface area contributed by atoms with Crippen LogP contribution in [0.2, 0.25) is 0 Å². The highest BCUT2D eigenvalue weighted by molar-refractivity contribution is 6.68. The van der Waals surface area contributed by atoms with E-state index in [-0.39, 0.29) is 18.9 Å². The maximum atomic E-state index is 12.2. The molecule has 1 fully saturated rings. The molecule has 1 aromatic rings. The molecule has 19 heavy (non-hydrogen) atoms. The minimum Gasteiger partial charge on any atom is -0.394 e. The van der Waals surface area contributed by atoms with Crippen LogP contribution in [0, 0.1) is 6.92 Å². The van der Waals surface area contributed by atoms with Gasteiger partial charge in [-0.2, -0.15) is 0 Å². The zero-order valence-corrected chi connectivity index (χ0v) is 11.1. The molecule has 5 nitrogen and oxygen atoms in total. The van der Waals surface area contributed by atoms with Crippen LogP contribution < -0.4 is 4.90 Å². The summed E-state index contributed by atoms with van der Waals surface area (Å²) in [5.41, 5.74) is 1.30. The van der Waals surface area contributed by atoms with Crippen molar-refractivity contribution in [1.29, 1.82) is 0 Å². The number of benzene rings is 1. The third-order valence-electron chi connectivity index (χ3n) is 2.84. The Hall–Kier alpha value is -1.72. The number of hydrogen-bond donors (Lipinski definition) is 1. The molecular formula is C13H13ClN2O3. The third-order valence-corrected chi connectivity index (χ3v) is 3.23. The number of anilines is 1. The van der Waals surface area contributed by atoms with E-state index in [1.54, 1.807) is 12.1 Å². The van der Waals surface area contributed by atoms with E-state index in [1.165, 1.54) is 0 Å². The molecule has 1 atom stereocenters. The van der Waals surface area contributed by atoms with Crippen molar-refractivity contribution in [1.82, 2.24) is 0 Å². The Bertz CT molecular complexity index is 557. The molecule has 0 aliphatic carbocycles. The SMILES string of the molecule is Cc1ccccc1N1C(=O)C(=NCCO)C(Cl)C1=O. The molecule has 1 unspecified atom stereocenters. The van der Waals surface area contributed by atoms with Gasteiger partial charge in [-0.05, 0) is 18.6 Å². The van der Waals surface area contributed by atoms with E-state index >= 15 is 0 Å². The Morgan fingerprint density at radius 1 is 1.37 bits per heavy atom. The second kappa shape index (κ2) is 5.50. The summed E-state index contributed by atoms with van der Waals surface area (Å²) >= 11 is 5.93. The maximum Gasteiger partial charge on any atom is 0.281 e. The van der Waals surface area contributed by atoms with Crippen LogP contribution in [-0.2, 0) is 9.59 Å². The van der Waals surface area contributed by atoms with Crippen molar-refractivity contribution in [3.8, 4) is 0 Å². The van der Waals surface area contributed by atoms with Crippen LogP contribution in [0.1, 0.15) is 5.56 Å². The number of aliphatic imine (C=N–C) groups is 1. The predicted molar refractivity (Wildman–Crippen MR) is 72.7 cm³/mol. The number of nitrogens with zero attached hydrogens (tertiary/aromatic N) is 2. The summed E-state index contributed by atoms with van der Waals surface area (Å²) in [5.74, 6) is -1.02. The van der Waals surface area contributed by atoms with Crippen molar-refractivity contribution in [3.63, 3.8) is 0 Å². The van der Waals surface area contributed by atoms with Gasteiger partial charge in [-0.1, -0.05) is 18.2 Å². The Morgan fingerprint density at radius 2 is 2.05 bits per heavy atom. The Kier molecular flexibility index (Phi) is 3.97. The van der Waals surface area contributed by atoms with E-state index < -0.39 is 17.2 Å². The van der Waals surface area contributed by atoms with Crippen LogP contribution >= 0.6 is 11.6 Å². The number of rotatable bonds is 3. The third kappa shape index (κ3) is 2.39. The van der Waals surface area contributed by atoms with Crippen LogP contribution in [0.5, 0.6) is 0 Å². The van der Waals surface area contributed by atoms with Crippen molar-refractivity contribution >= 4 is 34.8 Å². The zero-order chi connectivity index (χ0) is 14.0. The molecular weight excluding hydrogens is 268 g/mol. The van der Waals surface area contributed by atoms with Gasteiger partial charge >= 0.3 is 0 Å². The fourth-order valence-corrected chi connectivity index (χ4v) is 2.17. The van der Waals surface area contributed by atoms with Gasteiger partial charge in [-0.25, -0.2) is 4.90 Å². The van der Waals surface area contributed by atoms with E-state index in [0.717, 1.165) is 10.5 Å². The largest absolute Gasteiger partial charge is 0.394 e. The van der Waals surface area contributed by atoms with Crippen LogP contribution in [0.25, 0.3) is 0 Å². The van der Waals surface area contributed by atoms with Crippen LogP contribution in [0.3, 0.4) is 0 Å². The number of carbonyl (C=O) groups is 2. The summed E-state index contributed by atoms with van der Waals surface area (Å²) in [5, 5.41) is 7.65. The molecule has 2 rings (SSSR count). The van der Waals surface area contributed by atoms with Crippen molar-refractivity contribution < 1.29 is 14.7 Å². The van der Waals surface area contributed by atoms with Gasteiger partial charge in [0.15, 0.2) is 5.38 Å². The molecule has 2 amide bonds. The first-order chi connectivity index (χ1) is 9.07. The minimum atomic E-state index is -1.08. The smallest absolute Gasteiger partial charge is 0.281 e. The lowest BCUT2D eigenvalue weighted by molar-refractivity contribution is -0.120. The fraction of sp³-hybridized carbons (Fsp3) is 0.308. The summed E-state index contributed by atoms with van der Waals surface area (Å²) in [6, 6.07) is 7.06. The molecule has 1 aliphatic heterocycles. The average molecular weight is 281 g/mol. The highest BCUT2D eigenvalue weighted by Gasteiger charge is 2.44. The highest BCUT2D eigenvalue weighted by Crippen LogP contribution is 2.27. The zero-order valence-electron chi connectivity index (χ0n) is 10.3. The predicted octanol–water partition coefficient (Wildman–Crippen LogP) is 0.909. The quantitative estimate of drug-likeness (QED) is 0.661. The van der Waals surface area contributed by atoms with Gasteiger partial charge in [0.2, 0.25) is 0 Å². The Balaban J connectivity index is 2.41. The first kappa shape index (κ1) is 13.7. The first-order valence-corrected chi connectivity index (χ1v) is 6.24. The maximum absolute atomic E-state index is 12.2. The molecule has 6 heteroatoms. The van der Waals surface area contributed by atoms with Gasteiger partial charge in [-0.15, -0.1) is 11.6 Å². The normalized spacial score (nSPS) is 21.5. The van der Waals surface area contributed by atoms with Crippen LogP contribution in [0.15, 0.2) is 29.3 Å². The van der Waals surface area contributed by atoms with Gasteiger partial charge in [0.25, 0.3) is 11.8 Å². The molecule has 100 valence electrons. The summed E-state index contributed by atoms with van der Waals surface area (Å²) in [6.07, 6.45) is 0. The molecule has 0 spiro atoms.